The molecule has 2 amide bonds. The van der Waals surface area contributed by atoms with Gasteiger partial charge >= 0.3 is 0 Å². The van der Waals surface area contributed by atoms with Crippen LogP contribution in [0.3, 0.4) is 0 Å². The second kappa shape index (κ2) is 9.69. The Morgan fingerprint density at radius 1 is 1.06 bits per heavy atom. The molecule has 0 saturated carbocycles. The molecule has 0 aliphatic carbocycles. The summed E-state index contributed by atoms with van der Waals surface area (Å²) in [5.41, 5.74) is 1.52. The number of halogens is 2. The highest BCUT2D eigenvalue weighted by Gasteiger charge is 2.23. The smallest absolute Gasteiger partial charge is 0.267 e. The summed E-state index contributed by atoms with van der Waals surface area (Å²) in [7, 11) is 0. The van der Waals surface area contributed by atoms with E-state index < -0.39 is 0 Å². The van der Waals surface area contributed by atoms with E-state index in [2.05, 4.69) is 24.1 Å². The maximum absolute atomic E-state index is 12.8. The standard InChI is InChI=1S/C24H25Cl2N3O2S/c1-15(2)13-21(30)29-11-9-28(10-12-29)19-8-7-16(14-18(19)25)27-24(31)23-22(26)17-5-3-4-6-20(17)32-23/h3-8,14-15H,9-13H2,1-2H3,(H,27,31). The van der Waals surface area contributed by atoms with Crippen molar-refractivity contribution >= 4 is 67.8 Å². The van der Waals surface area contributed by atoms with Gasteiger partial charge in [0.25, 0.3) is 5.91 Å². The fraction of sp³-hybridized carbons (Fsp3) is 0.333. The number of hydrogen-bond donors (Lipinski definition) is 1. The lowest BCUT2D eigenvalue weighted by Crippen LogP contribution is -2.49. The largest absolute Gasteiger partial charge is 0.367 e. The van der Waals surface area contributed by atoms with Crippen molar-refractivity contribution in [3.8, 4) is 0 Å². The van der Waals surface area contributed by atoms with Crippen LogP contribution in [0.5, 0.6) is 0 Å². The van der Waals surface area contributed by atoms with Crippen LogP contribution in [0.15, 0.2) is 42.5 Å². The highest BCUT2D eigenvalue weighted by Crippen LogP contribution is 2.36. The predicted octanol–water partition coefficient (Wildman–Crippen LogP) is 6.16. The molecule has 3 aromatic rings. The quantitative estimate of drug-likeness (QED) is 0.467. The second-order valence-electron chi connectivity index (χ2n) is 8.33. The molecule has 8 heteroatoms. The van der Waals surface area contributed by atoms with Crippen molar-refractivity contribution < 1.29 is 9.59 Å². The maximum atomic E-state index is 12.8. The second-order valence-corrected chi connectivity index (χ2v) is 10.2. The van der Waals surface area contributed by atoms with Crippen LogP contribution >= 0.6 is 34.5 Å². The zero-order valence-corrected chi connectivity index (χ0v) is 20.4. The van der Waals surface area contributed by atoms with Crippen LogP contribution in [0.2, 0.25) is 10.0 Å². The highest BCUT2D eigenvalue weighted by molar-refractivity contribution is 7.21. The van der Waals surface area contributed by atoms with Gasteiger partial charge in [0.05, 0.1) is 15.7 Å². The third-order valence-electron chi connectivity index (χ3n) is 5.50. The minimum atomic E-state index is -0.253. The molecule has 32 heavy (non-hydrogen) atoms. The first-order chi connectivity index (χ1) is 15.3. The highest BCUT2D eigenvalue weighted by atomic mass is 35.5. The number of benzene rings is 2. The summed E-state index contributed by atoms with van der Waals surface area (Å²) in [5.74, 6) is 0.321. The number of carbonyl (C=O) groups is 2. The zero-order chi connectivity index (χ0) is 22.8. The van der Waals surface area contributed by atoms with Gasteiger partial charge < -0.3 is 15.1 Å². The first-order valence-corrected chi connectivity index (χ1v) is 12.2. The summed E-state index contributed by atoms with van der Waals surface area (Å²) in [5, 5.41) is 4.81. The third-order valence-corrected chi connectivity index (χ3v) is 7.48. The summed E-state index contributed by atoms with van der Waals surface area (Å²) in [6, 6.07) is 13.2. The number of carbonyl (C=O) groups excluding carboxylic acids is 2. The topological polar surface area (TPSA) is 52.7 Å². The van der Waals surface area contributed by atoms with Gasteiger partial charge in [0.15, 0.2) is 0 Å². The Balaban J connectivity index is 1.42. The van der Waals surface area contributed by atoms with Gasteiger partial charge in [-0.3, -0.25) is 9.59 Å². The molecule has 0 spiro atoms. The van der Waals surface area contributed by atoms with Crippen molar-refractivity contribution in [3.63, 3.8) is 0 Å². The fourth-order valence-electron chi connectivity index (χ4n) is 3.86. The van der Waals surface area contributed by atoms with Crippen molar-refractivity contribution in [3.05, 3.63) is 57.4 Å². The van der Waals surface area contributed by atoms with E-state index in [-0.39, 0.29) is 11.8 Å². The van der Waals surface area contributed by atoms with Crippen molar-refractivity contribution in [1.82, 2.24) is 4.90 Å². The van der Waals surface area contributed by atoms with Crippen molar-refractivity contribution in [2.75, 3.05) is 36.4 Å². The van der Waals surface area contributed by atoms with Crippen molar-refractivity contribution in [2.24, 2.45) is 5.92 Å². The van der Waals surface area contributed by atoms with Crippen LogP contribution in [0.1, 0.15) is 29.9 Å². The number of fused-ring (bicyclic) bond motifs is 1. The zero-order valence-electron chi connectivity index (χ0n) is 18.0. The first kappa shape index (κ1) is 22.9. The van der Waals surface area contributed by atoms with Gasteiger partial charge in [-0.15, -0.1) is 11.3 Å². The molecule has 0 unspecified atom stereocenters. The van der Waals surface area contributed by atoms with E-state index in [0.717, 1.165) is 28.9 Å². The van der Waals surface area contributed by atoms with E-state index in [1.807, 2.05) is 41.3 Å². The lowest BCUT2D eigenvalue weighted by molar-refractivity contribution is -0.132. The molecule has 1 N–H and O–H groups in total. The van der Waals surface area contributed by atoms with Crippen LogP contribution < -0.4 is 10.2 Å². The molecule has 0 bridgehead atoms. The molecular formula is C24H25Cl2N3O2S. The average molecular weight is 490 g/mol. The van der Waals surface area contributed by atoms with Crippen LogP contribution in [0, 0.1) is 5.92 Å². The molecule has 1 saturated heterocycles. The SMILES string of the molecule is CC(C)CC(=O)N1CCN(c2ccc(NC(=O)c3sc4ccccc4c3Cl)cc2Cl)CC1. The molecular weight excluding hydrogens is 465 g/mol. The molecule has 2 heterocycles. The Labute approximate surface area is 201 Å². The van der Waals surface area contributed by atoms with E-state index in [0.29, 0.717) is 46.0 Å². The van der Waals surface area contributed by atoms with Gasteiger partial charge in [-0.1, -0.05) is 55.2 Å². The molecule has 0 radical (unpaired) electrons. The van der Waals surface area contributed by atoms with Gasteiger partial charge in [0, 0.05) is 48.4 Å². The molecule has 168 valence electrons. The van der Waals surface area contributed by atoms with E-state index in [4.69, 9.17) is 23.2 Å². The Hall–Kier alpha value is -2.28. The molecule has 1 fully saturated rings. The summed E-state index contributed by atoms with van der Waals surface area (Å²) in [4.78, 5) is 29.7. The number of amides is 2. The summed E-state index contributed by atoms with van der Waals surface area (Å²) in [6.07, 6.45) is 0.582. The monoisotopic (exact) mass is 489 g/mol. The predicted molar refractivity (Wildman–Crippen MR) is 134 cm³/mol. The molecule has 2 aromatic carbocycles. The van der Waals surface area contributed by atoms with Crippen molar-refractivity contribution in [2.45, 2.75) is 20.3 Å². The normalized spacial score (nSPS) is 14.3. The maximum Gasteiger partial charge on any atom is 0.267 e. The summed E-state index contributed by atoms with van der Waals surface area (Å²) < 4.78 is 0.974. The van der Waals surface area contributed by atoms with Crippen LogP contribution in [0.4, 0.5) is 11.4 Å². The lowest BCUT2D eigenvalue weighted by atomic mass is 10.1. The fourth-order valence-corrected chi connectivity index (χ4v) is 5.58. The molecule has 0 atom stereocenters. The Kier molecular flexibility index (Phi) is 6.93. The van der Waals surface area contributed by atoms with Gasteiger partial charge in [0.2, 0.25) is 5.91 Å². The lowest BCUT2D eigenvalue weighted by Gasteiger charge is -2.36. The number of anilines is 2. The van der Waals surface area contributed by atoms with Gasteiger partial charge in [-0.25, -0.2) is 0 Å². The van der Waals surface area contributed by atoms with Crippen molar-refractivity contribution in [1.29, 1.82) is 0 Å². The van der Waals surface area contributed by atoms with Gasteiger partial charge in [0.1, 0.15) is 4.88 Å². The summed E-state index contributed by atoms with van der Waals surface area (Å²) in [6.45, 7) is 6.95. The Morgan fingerprint density at radius 3 is 2.44 bits per heavy atom. The molecule has 4 rings (SSSR count). The Morgan fingerprint density at radius 2 is 1.78 bits per heavy atom. The summed E-state index contributed by atoms with van der Waals surface area (Å²) >= 11 is 14.4. The molecule has 1 aliphatic rings. The number of piperazine rings is 1. The molecule has 5 nitrogen and oxygen atoms in total. The van der Waals surface area contributed by atoms with E-state index in [1.54, 1.807) is 6.07 Å². The van der Waals surface area contributed by atoms with E-state index in [9.17, 15) is 9.59 Å². The first-order valence-electron chi connectivity index (χ1n) is 10.6. The number of nitrogens with one attached hydrogen (secondary N) is 1. The number of hydrogen-bond acceptors (Lipinski definition) is 4. The minimum absolute atomic E-state index is 0.212. The molecule has 1 aromatic heterocycles. The van der Waals surface area contributed by atoms with E-state index in [1.165, 1.54) is 11.3 Å². The molecule has 1 aliphatic heterocycles. The van der Waals surface area contributed by atoms with Crippen LogP contribution in [-0.2, 0) is 4.79 Å². The number of thiophene rings is 1. The van der Waals surface area contributed by atoms with Crippen LogP contribution in [0.25, 0.3) is 10.1 Å². The Bertz CT molecular complexity index is 1150. The average Bonchev–Trinajstić information content (AvgIpc) is 3.10. The van der Waals surface area contributed by atoms with Crippen LogP contribution in [-0.4, -0.2) is 42.9 Å². The third kappa shape index (κ3) is 4.87. The number of rotatable bonds is 5. The van der Waals surface area contributed by atoms with E-state index >= 15 is 0 Å². The van der Waals surface area contributed by atoms with Gasteiger partial charge in [-0.05, 0) is 30.2 Å². The minimum Gasteiger partial charge on any atom is -0.367 e. The van der Waals surface area contributed by atoms with Gasteiger partial charge in [-0.2, -0.15) is 0 Å². The number of nitrogens with zero attached hydrogens (tertiary/aromatic N) is 2.